The van der Waals surface area contributed by atoms with Crippen molar-refractivity contribution in [2.45, 2.75) is 4.90 Å². The molecule has 0 aromatic heterocycles. The molecule has 0 saturated heterocycles. The third kappa shape index (κ3) is 5.77. The second kappa shape index (κ2) is 9.23. The summed E-state index contributed by atoms with van der Waals surface area (Å²) in [4.78, 5) is 11.9. The Bertz CT molecular complexity index is 1150. The molecule has 0 aliphatic heterocycles. The van der Waals surface area contributed by atoms with Gasteiger partial charge in [-0.25, -0.2) is 17.2 Å². The lowest BCUT2D eigenvalue weighted by Crippen LogP contribution is -2.20. The summed E-state index contributed by atoms with van der Waals surface area (Å²) in [6.07, 6.45) is 0. The first-order chi connectivity index (χ1) is 14.2. The van der Waals surface area contributed by atoms with Crippen molar-refractivity contribution in [3.8, 4) is 5.75 Å². The van der Waals surface area contributed by atoms with Gasteiger partial charge < -0.3 is 10.1 Å². The summed E-state index contributed by atoms with van der Waals surface area (Å²) in [6, 6.07) is 15.1. The van der Waals surface area contributed by atoms with Gasteiger partial charge in [0.1, 0.15) is 5.75 Å². The van der Waals surface area contributed by atoms with Gasteiger partial charge in [-0.2, -0.15) is 0 Å². The standard InChI is InChI=1S/C20H15BrF2N2O4S/c21-13-1-3-14(4-2-13)25-30(27,28)17-8-6-16(7-9-17)29-12-20(26)24-15-5-10-18(22)19(23)11-15/h1-11,25H,12H2,(H,24,26). The average Bonchev–Trinajstić information content (AvgIpc) is 2.71. The van der Waals surface area contributed by atoms with Crippen molar-refractivity contribution in [1.29, 1.82) is 0 Å². The Hall–Kier alpha value is -2.98. The van der Waals surface area contributed by atoms with Crippen LogP contribution in [0, 0.1) is 11.6 Å². The van der Waals surface area contributed by atoms with E-state index in [4.69, 9.17) is 4.74 Å². The molecule has 0 radical (unpaired) electrons. The maximum absolute atomic E-state index is 13.2. The van der Waals surface area contributed by atoms with Gasteiger partial charge in [-0.05, 0) is 60.7 Å². The Labute approximate surface area is 180 Å². The molecule has 3 aromatic carbocycles. The van der Waals surface area contributed by atoms with Gasteiger partial charge in [0.05, 0.1) is 4.90 Å². The SMILES string of the molecule is O=C(COc1ccc(S(=O)(=O)Nc2ccc(Br)cc2)cc1)Nc1ccc(F)c(F)c1. The molecule has 3 rings (SSSR count). The fraction of sp³-hybridized carbons (Fsp3) is 0.0500. The quantitative estimate of drug-likeness (QED) is 0.502. The summed E-state index contributed by atoms with van der Waals surface area (Å²) in [6.45, 7) is -0.401. The highest BCUT2D eigenvalue weighted by atomic mass is 79.9. The number of benzene rings is 3. The fourth-order valence-corrected chi connectivity index (χ4v) is 3.69. The highest BCUT2D eigenvalue weighted by Gasteiger charge is 2.14. The minimum Gasteiger partial charge on any atom is -0.484 e. The number of hydrogen-bond acceptors (Lipinski definition) is 4. The van der Waals surface area contributed by atoms with Crippen LogP contribution in [0.25, 0.3) is 0 Å². The third-order valence-corrected chi connectivity index (χ3v) is 5.73. The zero-order chi connectivity index (χ0) is 21.7. The summed E-state index contributed by atoms with van der Waals surface area (Å²) in [7, 11) is -3.79. The van der Waals surface area contributed by atoms with Crippen LogP contribution >= 0.6 is 15.9 Å². The Balaban J connectivity index is 1.57. The first-order valence-corrected chi connectivity index (χ1v) is 10.8. The molecular weight excluding hydrogens is 482 g/mol. The van der Waals surface area contributed by atoms with Gasteiger partial charge in [0.2, 0.25) is 0 Å². The second-order valence-corrected chi connectivity index (χ2v) is 8.65. The van der Waals surface area contributed by atoms with Crippen molar-refractivity contribution in [3.63, 3.8) is 0 Å². The molecule has 6 nitrogen and oxygen atoms in total. The van der Waals surface area contributed by atoms with E-state index in [2.05, 4.69) is 26.0 Å². The molecule has 0 heterocycles. The number of rotatable bonds is 7. The van der Waals surface area contributed by atoms with E-state index in [0.29, 0.717) is 5.69 Å². The van der Waals surface area contributed by atoms with Crippen LogP contribution < -0.4 is 14.8 Å². The lowest BCUT2D eigenvalue weighted by Gasteiger charge is -2.10. The number of ether oxygens (including phenoxy) is 1. The second-order valence-electron chi connectivity index (χ2n) is 6.05. The summed E-state index contributed by atoms with van der Waals surface area (Å²) in [5.74, 6) is -2.43. The molecule has 0 unspecified atom stereocenters. The van der Waals surface area contributed by atoms with Crippen LogP contribution in [-0.2, 0) is 14.8 Å². The number of halogens is 3. The molecule has 1 amide bonds. The van der Waals surface area contributed by atoms with E-state index in [1.807, 2.05) is 0 Å². The van der Waals surface area contributed by atoms with Crippen molar-refractivity contribution in [3.05, 3.63) is 82.8 Å². The molecule has 0 atom stereocenters. The van der Waals surface area contributed by atoms with Gasteiger partial charge in [0.25, 0.3) is 15.9 Å². The first kappa shape index (κ1) is 21.7. The Kier molecular flexibility index (Phi) is 6.68. The van der Waals surface area contributed by atoms with Crippen LogP contribution in [0.3, 0.4) is 0 Å². The van der Waals surface area contributed by atoms with Gasteiger partial charge in [-0.15, -0.1) is 0 Å². The number of carbonyl (C=O) groups excluding carboxylic acids is 1. The molecule has 2 N–H and O–H groups in total. The molecule has 3 aromatic rings. The lowest BCUT2D eigenvalue weighted by atomic mass is 10.3. The van der Waals surface area contributed by atoms with Gasteiger partial charge >= 0.3 is 0 Å². The van der Waals surface area contributed by atoms with E-state index < -0.39 is 34.2 Å². The van der Waals surface area contributed by atoms with E-state index in [1.54, 1.807) is 24.3 Å². The van der Waals surface area contributed by atoms with Crippen molar-refractivity contribution in [2.75, 3.05) is 16.6 Å². The van der Waals surface area contributed by atoms with Crippen molar-refractivity contribution in [1.82, 2.24) is 0 Å². The molecule has 30 heavy (non-hydrogen) atoms. The monoisotopic (exact) mass is 496 g/mol. The van der Waals surface area contributed by atoms with E-state index in [0.717, 1.165) is 16.6 Å². The van der Waals surface area contributed by atoms with E-state index in [-0.39, 0.29) is 16.3 Å². The zero-order valence-electron chi connectivity index (χ0n) is 15.2. The van der Waals surface area contributed by atoms with Crippen LogP contribution in [-0.4, -0.2) is 20.9 Å². The minimum absolute atomic E-state index is 0.0176. The molecular formula is C20H15BrF2N2O4S. The molecule has 0 aliphatic rings. The summed E-state index contributed by atoms with van der Waals surface area (Å²) in [5.41, 5.74) is 0.496. The van der Waals surface area contributed by atoms with Crippen molar-refractivity contribution in [2.24, 2.45) is 0 Å². The topological polar surface area (TPSA) is 84.5 Å². The maximum Gasteiger partial charge on any atom is 0.262 e. The molecule has 0 fully saturated rings. The number of hydrogen-bond donors (Lipinski definition) is 2. The molecule has 156 valence electrons. The normalized spacial score (nSPS) is 11.0. The average molecular weight is 497 g/mol. The number of amides is 1. The number of nitrogens with one attached hydrogen (secondary N) is 2. The van der Waals surface area contributed by atoms with E-state index in [1.165, 1.54) is 30.3 Å². The fourth-order valence-electron chi connectivity index (χ4n) is 2.37. The van der Waals surface area contributed by atoms with Gasteiger partial charge in [0.15, 0.2) is 18.2 Å². The van der Waals surface area contributed by atoms with Crippen LogP contribution in [0.5, 0.6) is 5.75 Å². The smallest absolute Gasteiger partial charge is 0.262 e. The molecule has 0 aliphatic carbocycles. The summed E-state index contributed by atoms with van der Waals surface area (Å²) >= 11 is 3.28. The van der Waals surface area contributed by atoms with Crippen LogP contribution in [0.4, 0.5) is 20.2 Å². The molecule has 0 spiro atoms. The zero-order valence-corrected chi connectivity index (χ0v) is 17.6. The lowest BCUT2D eigenvalue weighted by molar-refractivity contribution is -0.118. The highest BCUT2D eigenvalue weighted by molar-refractivity contribution is 9.10. The third-order valence-electron chi connectivity index (χ3n) is 3.80. The Morgan fingerprint density at radius 3 is 2.17 bits per heavy atom. The first-order valence-electron chi connectivity index (χ1n) is 8.49. The Morgan fingerprint density at radius 2 is 1.53 bits per heavy atom. The summed E-state index contributed by atoms with van der Waals surface area (Å²) in [5, 5.41) is 2.37. The van der Waals surface area contributed by atoms with Gasteiger partial charge in [-0.1, -0.05) is 15.9 Å². The largest absolute Gasteiger partial charge is 0.484 e. The minimum atomic E-state index is -3.79. The van der Waals surface area contributed by atoms with E-state index >= 15 is 0 Å². The molecule has 10 heteroatoms. The van der Waals surface area contributed by atoms with Gasteiger partial charge in [-0.3, -0.25) is 9.52 Å². The predicted molar refractivity (Wildman–Crippen MR) is 112 cm³/mol. The summed E-state index contributed by atoms with van der Waals surface area (Å²) < 4.78 is 59.5. The van der Waals surface area contributed by atoms with Crippen LogP contribution in [0.15, 0.2) is 76.1 Å². The van der Waals surface area contributed by atoms with Crippen molar-refractivity contribution >= 4 is 43.2 Å². The number of anilines is 2. The molecule has 0 bridgehead atoms. The van der Waals surface area contributed by atoms with Gasteiger partial charge in [0, 0.05) is 21.9 Å². The number of sulfonamides is 1. The number of carbonyl (C=O) groups is 1. The Morgan fingerprint density at radius 1 is 0.900 bits per heavy atom. The maximum atomic E-state index is 13.2. The van der Waals surface area contributed by atoms with Crippen molar-refractivity contribution < 1.29 is 26.7 Å². The highest BCUT2D eigenvalue weighted by Crippen LogP contribution is 2.21. The van der Waals surface area contributed by atoms with Crippen LogP contribution in [0.2, 0.25) is 0 Å². The van der Waals surface area contributed by atoms with E-state index in [9.17, 15) is 22.0 Å². The van der Waals surface area contributed by atoms with Crippen LogP contribution in [0.1, 0.15) is 0 Å². The predicted octanol–water partition coefficient (Wildman–Crippen LogP) is 4.55. The molecule has 0 saturated carbocycles.